The van der Waals surface area contributed by atoms with Gasteiger partial charge in [0.15, 0.2) is 0 Å². The van der Waals surface area contributed by atoms with Crippen LogP contribution in [-0.2, 0) is 10.0 Å². The smallest absolute Gasteiger partial charge is 0.275 e. The molecule has 0 saturated carbocycles. The molecule has 5 nitrogen and oxygen atoms in total. The number of aryl methyl sites for hydroxylation is 1. The highest BCUT2D eigenvalue weighted by atomic mass is 35.5. The molecule has 0 spiro atoms. The molecule has 2 aromatic rings. The van der Waals surface area contributed by atoms with Gasteiger partial charge in [0.1, 0.15) is 0 Å². The van der Waals surface area contributed by atoms with E-state index in [4.69, 9.17) is 23.2 Å². The summed E-state index contributed by atoms with van der Waals surface area (Å²) in [5.74, 6) is 0. The maximum atomic E-state index is 12.8. The number of nitrogens with one attached hydrogen (secondary N) is 1. The van der Waals surface area contributed by atoms with E-state index in [0.29, 0.717) is 21.4 Å². The molecule has 2 aromatic carbocycles. The number of benzene rings is 2. The zero-order valence-corrected chi connectivity index (χ0v) is 18.9. The summed E-state index contributed by atoms with van der Waals surface area (Å²) in [6.45, 7) is 7.02. The van der Waals surface area contributed by atoms with Gasteiger partial charge in [-0.05, 0) is 58.0 Å². The second-order valence-electron chi connectivity index (χ2n) is 6.85. The minimum atomic E-state index is -5.58. The van der Waals surface area contributed by atoms with E-state index < -0.39 is 15.5 Å². The summed E-state index contributed by atoms with van der Waals surface area (Å²) < 4.78 is 63.3. The van der Waals surface area contributed by atoms with Gasteiger partial charge in [0.05, 0.1) is 17.1 Å². The molecule has 0 radical (unpaired) electrons. The number of nitrogens with zero attached hydrogens (tertiary/aromatic N) is 2. The maximum Gasteiger partial charge on any atom is 0.516 e. The Balaban J connectivity index is 2.56. The lowest BCUT2D eigenvalue weighted by Crippen LogP contribution is -2.31. The van der Waals surface area contributed by atoms with Gasteiger partial charge >= 0.3 is 15.5 Å². The Morgan fingerprint density at radius 1 is 1.10 bits per heavy atom. The highest BCUT2D eigenvalue weighted by molar-refractivity contribution is 7.93. The first-order chi connectivity index (χ1) is 13.7. The summed E-state index contributed by atoms with van der Waals surface area (Å²) in [4.78, 5) is 0. The number of alkyl halides is 3. The largest absolute Gasteiger partial charge is 0.516 e. The number of hydrogen-bond donors (Lipinski definition) is 1. The zero-order chi connectivity index (χ0) is 22.9. The molecule has 0 aliphatic carbocycles. The Morgan fingerprint density at radius 2 is 1.67 bits per heavy atom. The van der Waals surface area contributed by atoms with Gasteiger partial charge in [0, 0.05) is 21.7 Å². The van der Waals surface area contributed by atoms with Gasteiger partial charge < -0.3 is 0 Å². The lowest BCUT2D eigenvalue weighted by molar-refractivity contribution is -0.0429. The van der Waals surface area contributed by atoms with Crippen LogP contribution in [0.3, 0.4) is 0 Å². The Morgan fingerprint density at radius 3 is 2.17 bits per heavy atom. The predicted molar refractivity (Wildman–Crippen MR) is 116 cm³/mol. The van der Waals surface area contributed by atoms with Crippen molar-refractivity contribution in [3.63, 3.8) is 0 Å². The highest BCUT2D eigenvalue weighted by Crippen LogP contribution is 2.30. The average Bonchev–Trinajstić information content (AvgIpc) is 2.58. The van der Waals surface area contributed by atoms with Crippen LogP contribution in [0.5, 0.6) is 0 Å². The van der Waals surface area contributed by atoms with Crippen molar-refractivity contribution in [2.75, 3.05) is 9.73 Å². The Hall–Kier alpha value is -1.97. The summed E-state index contributed by atoms with van der Waals surface area (Å²) >= 11 is 12.1. The molecule has 11 heteroatoms. The molecule has 0 bridgehead atoms. The molecule has 30 heavy (non-hydrogen) atoms. The third kappa shape index (κ3) is 5.80. The number of hydrogen-bond acceptors (Lipinski definition) is 4. The molecule has 0 amide bonds. The number of sulfonamides is 1. The van der Waals surface area contributed by atoms with Crippen molar-refractivity contribution in [3.8, 4) is 0 Å². The summed E-state index contributed by atoms with van der Waals surface area (Å²) in [6.07, 6.45) is 0. The third-order valence-electron chi connectivity index (χ3n) is 3.97. The molecule has 0 aromatic heterocycles. The van der Waals surface area contributed by atoms with E-state index in [-0.39, 0.29) is 17.3 Å². The molecule has 0 saturated heterocycles. The van der Waals surface area contributed by atoms with Gasteiger partial charge in [-0.3, -0.25) is 9.73 Å². The number of rotatable bonds is 6. The van der Waals surface area contributed by atoms with Crippen molar-refractivity contribution in [2.45, 2.75) is 39.2 Å². The number of halogens is 5. The van der Waals surface area contributed by atoms with Crippen LogP contribution in [0.1, 0.15) is 31.9 Å². The van der Waals surface area contributed by atoms with Crippen LogP contribution < -0.4 is 9.73 Å². The van der Waals surface area contributed by atoms with Crippen LogP contribution in [0.4, 0.5) is 24.5 Å². The Kier molecular flexibility index (Phi) is 7.32. The van der Waals surface area contributed by atoms with Crippen LogP contribution in [0, 0.1) is 6.92 Å². The summed E-state index contributed by atoms with van der Waals surface area (Å²) in [5, 5.41) is 6.89. The van der Waals surface area contributed by atoms with Gasteiger partial charge in [-0.1, -0.05) is 34.8 Å². The molecule has 0 unspecified atom stereocenters. The van der Waals surface area contributed by atoms with Crippen molar-refractivity contribution >= 4 is 50.3 Å². The van der Waals surface area contributed by atoms with Crippen LogP contribution in [0.15, 0.2) is 41.5 Å². The molecule has 0 aliphatic rings. The van der Waals surface area contributed by atoms with E-state index in [9.17, 15) is 21.6 Å². The molecule has 0 fully saturated rings. The number of hydrazone groups is 1. The summed E-state index contributed by atoms with van der Waals surface area (Å²) in [5.41, 5.74) is -3.87. The standard InChI is InChI=1S/C19H20Cl2F3N3O2S/c1-11(2)27(16-9-14(20)8-15(21)10-16)25-13(4)17-7-12(3)5-6-18(17)26-30(28,29)19(22,23)24/h5-11,26H,1-4H3/b25-13+. The fraction of sp³-hybridized carbons (Fsp3) is 0.316. The first-order valence-corrected chi connectivity index (χ1v) is 11.0. The van der Waals surface area contributed by atoms with Gasteiger partial charge in [-0.25, -0.2) is 0 Å². The number of anilines is 2. The van der Waals surface area contributed by atoms with Crippen molar-refractivity contribution in [1.82, 2.24) is 0 Å². The lowest BCUT2D eigenvalue weighted by Gasteiger charge is -2.25. The van der Waals surface area contributed by atoms with E-state index >= 15 is 0 Å². The van der Waals surface area contributed by atoms with Gasteiger partial charge in [0.2, 0.25) is 0 Å². The lowest BCUT2D eigenvalue weighted by atomic mass is 10.1. The van der Waals surface area contributed by atoms with Crippen LogP contribution in [0.25, 0.3) is 0 Å². The minimum absolute atomic E-state index is 0.158. The molecule has 0 atom stereocenters. The minimum Gasteiger partial charge on any atom is -0.275 e. The maximum absolute atomic E-state index is 12.8. The van der Waals surface area contributed by atoms with E-state index in [1.165, 1.54) is 12.1 Å². The quantitative estimate of drug-likeness (QED) is 0.394. The summed E-state index contributed by atoms with van der Waals surface area (Å²) in [7, 11) is -5.58. The highest BCUT2D eigenvalue weighted by Gasteiger charge is 2.46. The average molecular weight is 482 g/mol. The van der Waals surface area contributed by atoms with E-state index in [0.717, 1.165) is 5.56 Å². The molecule has 0 heterocycles. The fourth-order valence-corrected chi connectivity index (χ4v) is 3.71. The van der Waals surface area contributed by atoms with Crippen LogP contribution >= 0.6 is 23.2 Å². The predicted octanol–water partition coefficient (Wildman–Crippen LogP) is 6.20. The molecular weight excluding hydrogens is 462 g/mol. The van der Waals surface area contributed by atoms with Crippen molar-refractivity contribution in [1.29, 1.82) is 0 Å². The van der Waals surface area contributed by atoms with Crippen LogP contribution in [0.2, 0.25) is 10.0 Å². The summed E-state index contributed by atoms with van der Waals surface area (Å²) in [6, 6.07) is 9.02. The third-order valence-corrected chi connectivity index (χ3v) is 5.51. The first kappa shape index (κ1) is 24.3. The molecule has 164 valence electrons. The SMILES string of the molecule is C/C(=N\N(c1cc(Cl)cc(Cl)c1)C(C)C)c1cc(C)ccc1NS(=O)(=O)C(F)(F)F. The first-order valence-electron chi connectivity index (χ1n) is 8.72. The van der Waals surface area contributed by atoms with Gasteiger partial charge in [-0.2, -0.15) is 26.7 Å². The topological polar surface area (TPSA) is 61.8 Å². The van der Waals surface area contributed by atoms with Gasteiger partial charge in [-0.15, -0.1) is 0 Å². The second kappa shape index (κ2) is 9.03. The zero-order valence-electron chi connectivity index (χ0n) is 16.6. The van der Waals surface area contributed by atoms with Crippen LogP contribution in [-0.4, -0.2) is 25.7 Å². The van der Waals surface area contributed by atoms with Crippen molar-refractivity contribution < 1.29 is 21.6 Å². The molecular formula is C19H20Cl2F3N3O2S. The molecule has 0 aliphatic heterocycles. The van der Waals surface area contributed by atoms with Crippen molar-refractivity contribution in [3.05, 3.63) is 57.6 Å². The molecule has 1 N–H and O–H groups in total. The van der Waals surface area contributed by atoms with Gasteiger partial charge in [0.25, 0.3) is 0 Å². The normalized spacial score (nSPS) is 12.9. The second-order valence-corrected chi connectivity index (χ2v) is 9.40. The monoisotopic (exact) mass is 481 g/mol. The van der Waals surface area contributed by atoms with Crippen molar-refractivity contribution in [2.24, 2.45) is 5.10 Å². The molecule has 2 rings (SSSR count). The fourth-order valence-electron chi connectivity index (χ4n) is 2.61. The Labute approximate surface area is 183 Å². The van der Waals surface area contributed by atoms with E-state index in [1.807, 2.05) is 13.8 Å². The van der Waals surface area contributed by atoms with E-state index in [1.54, 1.807) is 47.8 Å². The van der Waals surface area contributed by atoms with E-state index in [2.05, 4.69) is 5.10 Å². The Bertz CT molecular complexity index is 1050.